The van der Waals surface area contributed by atoms with Crippen molar-refractivity contribution >= 4 is 11.6 Å². The molecular formula is C19H30N2O2. The van der Waals surface area contributed by atoms with Crippen molar-refractivity contribution in [2.45, 2.75) is 46.1 Å². The smallest absolute Gasteiger partial charge is 0.224 e. The Morgan fingerprint density at radius 2 is 2.13 bits per heavy atom. The number of hydrogen-bond acceptors (Lipinski definition) is 3. The van der Waals surface area contributed by atoms with E-state index in [1.165, 1.54) is 31.5 Å². The van der Waals surface area contributed by atoms with Crippen LogP contribution in [0.3, 0.4) is 0 Å². The minimum absolute atomic E-state index is 0.0577. The number of benzene rings is 1. The molecule has 128 valence electrons. The van der Waals surface area contributed by atoms with Crippen molar-refractivity contribution in [1.82, 2.24) is 4.90 Å². The van der Waals surface area contributed by atoms with E-state index >= 15 is 0 Å². The van der Waals surface area contributed by atoms with Gasteiger partial charge in [0.1, 0.15) is 0 Å². The van der Waals surface area contributed by atoms with E-state index < -0.39 is 0 Å². The van der Waals surface area contributed by atoms with E-state index in [1.807, 2.05) is 19.1 Å². The molecule has 1 aromatic rings. The molecule has 1 aliphatic rings. The van der Waals surface area contributed by atoms with Gasteiger partial charge in [-0.2, -0.15) is 0 Å². The minimum atomic E-state index is 0.0577. The zero-order chi connectivity index (χ0) is 16.5. The quantitative estimate of drug-likeness (QED) is 0.744. The monoisotopic (exact) mass is 318 g/mol. The highest BCUT2D eigenvalue weighted by molar-refractivity contribution is 5.90. The maximum Gasteiger partial charge on any atom is 0.224 e. The molecule has 0 aliphatic carbocycles. The Bertz CT molecular complexity index is 473. The largest absolute Gasteiger partial charge is 0.382 e. The minimum Gasteiger partial charge on any atom is -0.382 e. The van der Waals surface area contributed by atoms with E-state index in [0.29, 0.717) is 19.6 Å². The molecule has 1 N–H and O–H groups in total. The molecule has 4 heteroatoms. The van der Waals surface area contributed by atoms with Gasteiger partial charge in [-0.25, -0.2) is 0 Å². The molecule has 0 aromatic heterocycles. The van der Waals surface area contributed by atoms with Crippen LogP contribution in [0.5, 0.6) is 0 Å². The normalized spacial score (nSPS) is 18.8. The number of rotatable bonds is 8. The van der Waals surface area contributed by atoms with Crippen LogP contribution in [-0.4, -0.2) is 37.1 Å². The summed E-state index contributed by atoms with van der Waals surface area (Å²) in [5, 5.41) is 2.95. The summed E-state index contributed by atoms with van der Waals surface area (Å²) in [6.07, 6.45) is 3.93. The number of carbonyl (C=O) groups excluding carboxylic acids is 1. The van der Waals surface area contributed by atoms with Crippen LogP contribution in [0.2, 0.25) is 0 Å². The Morgan fingerprint density at radius 1 is 1.35 bits per heavy atom. The van der Waals surface area contributed by atoms with Crippen molar-refractivity contribution in [3.05, 3.63) is 29.8 Å². The van der Waals surface area contributed by atoms with Crippen LogP contribution in [0.1, 0.15) is 45.1 Å². The molecule has 23 heavy (non-hydrogen) atoms. The van der Waals surface area contributed by atoms with Crippen molar-refractivity contribution in [2.24, 2.45) is 5.92 Å². The maximum absolute atomic E-state index is 11.8. The first kappa shape index (κ1) is 18.0. The van der Waals surface area contributed by atoms with Gasteiger partial charge < -0.3 is 10.1 Å². The van der Waals surface area contributed by atoms with Crippen LogP contribution < -0.4 is 5.32 Å². The second-order valence-corrected chi connectivity index (χ2v) is 6.53. The second kappa shape index (κ2) is 9.68. The lowest BCUT2D eigenvalue weighted by molar-refractivity contribution is -0.116. The fourth-order valence-corrected chi connectivity index (χ4v) is 3.08. The van der Waals surface area contributed by atoms with Gasteiger partial charge in [-0.15, -0.1) is 0 Å². The molecule has 1 amide bonds. The molecule has 1 heterocycles. The van der Waals surface area contributed by atoms with E-state index in [9.17, 15) is 4.79 Å². The lowest BCUT2D eigenvalue weighted by atomic mass is 10.00. The lowest BCUT2D eigenvalue weighted by Gasteiger charge is -2.30. The highest BCUT2D eigenvalue weighted by atomic mass is 16.5. The summed E-state index contributed by atoms with van der Waals surface area (Å²) in [5.41, 5.74) is 2.19. The molecule has 1 unspecified atom stereocenters. The average molecular weight is 318 g/mol. The molecule has 1 saturated heterocycles. The third kappa shape index (κ3) is 6.71. The Morgan fingerprint density at radius 3 is 2.83 bits per heavy atom. The molecule has 0 saturated carbocycles. The van der Waals surface area contributed by atoms with Crippen LogP contribution in [0.15, 0.2) is 24.3 Å². The molecule has 0 bridgehead atoms. The predicted molar refractivity (Wildman–Crippen MR) is 94.5 cm³/mol. The van der Waals surface area contributed by atoms with Crippen molar-refractivity contribution in [1.29, 1.82) is 0 Å². The highest BCUT2D eigenvalue weighted by Crippen LogP contribution is 2.18. The molecule has 1 aliphatic heterocycles. The third-order valence-corrected chi connectivity index (χ3v) is 4.28. The Labute approximate surface area is 140 Å². The Kier molecular flexibility index (Phi) is 7.56. The van der Waals surface area contributed by atoms with Crippen molar-refractivity contribution < 1.29 is 9.53 Å². The average Bonchev–Trinajstić information content (AvgIpc) is 2.54. The fourth-order valence-electron chi connectivity index (χ4n) is 3.08. The Hall–Kier alpha value is -1.39. The van der Waals surface area contributed by atoms with Gasteiger partial charge in [0.05, 0.1) is 0 Å². The molecule has 0 radical (unpaired) electrons. The maximum atomic E-state index is 11.8. The van der Waals surface area contributed by atoms with E-state index in [1.54, 1.807) is 0 Å². The van der Waals surface area contributed by atoms with Gasteiger partial charge in [-0.05, 0) is 56.3 Å². The number of nitrogens with zero attached hydrogens (tertiary/aromatic N) is 1. The molecular weight excluding hydrogens is 288 g/mol. The first-order chi connectivity index (χ1) is 11.2. The summed E-state index contributed by atoms with van der Waals surface area (Å²) in [6, 6.07) is 8.25. The summed E-state index contributed by atoms with van der Waals surface area (Å²) in [6.45, 7) is 9.05. The van der Waals surface area contributed by atoms with Gasteiger partial charge in [0.15, 0.2) is 0 Å². The Balaban J connectivity index is 1.74. The van der Waals surface area contributed by atoms with Crippen LogP contribution in [-0.2, 0) is 16.1 Å². The SMILES string of the molecule is CCOCCCC(=O)Nc1ccc(CN2CCCC(C)C2)cc1. The predicted octanol–water partition coefficient (Wildman–Crippen LogP) is 3.67. The molecule has 4 nitrogen and oxygen atoms in total. The molecule has 1 aromatic carbocycles. The number of carbonyl (C=O) groups is 1. The van der Waals surface area contributed by atoms with Crippen LogP contribution >= 0.6 is 0 Å². The topological polar surface area (TPSA) is 41.6 Å². The van der Waals surface area contributed by atoms with Gasteiger partial charge >= 0.3 is 0 Å². The fraction of sp³-hybridized carbons (Fsp3) is 0.632. The first-order valence-electron chi connectivity index (χ1n) is 8.86. The zero-order valence-electron chi connectivity index (χ0n) is 14.5. The number of likely N-dealkylation sites (tertiary alicyclic amines) is 1. The van der Waals surface area contributed by atoms with E-state index in [4.69, 9.17) is 4.74 Å². The van der Waals surface area contributed by atoms with Gasteiger partial charge in [-0.3, -0.25) is 9.69 Å². The molecule has 1 atom stereocenters. The number of hydrogen-bond donors (Lipinski definition) is 1. The number of ether oxygens (including phenoxy) is 1. The second-order valence-electron chi connectivity index (χ2n) is 6.53. The summed E-state index contributed by atoms with van der Waals surface area (Å²) in [7, 11) is 0. The first-order valence-corrected chi connectivity index (χ1v) is 8.86. The van der Waals surface area contributed by atoms with Gasteiger partial charge in [0, 0.05) is 38.4 Å². The molecule has 0 spiro atoms. The van der Waals surface area contributed by atoms with Crippen molar-refractivity contribution in [2.75, 3.05) is 31.6 Å². The van der Waals surface area contributed by atoms with Crippen LogP contribution in [0.25, 0.3) is 0 Å². The van der Waals surface area contributed by atoms with E-state index in [-0.39, 0.29) is 5.91 Å². The number of piperidine rings is 1. The van der Waals surface area contributed by atoms with Gasteiger partial charge in [-0.1, -0.05) is 19.1 Å². The summed E-state index contributed by atoms with van der Waals surface area (Å²) in [5.74, 6) is 0.862. The number of amides is 1. The lowest BCUT2D eigenvalue weighted by Crippen LogP contribution is -2.33. The summed E-state index contributed by atoms with van der Waals surface area (Å²) < 4.78 is 5.24. The summed E-state index contributed by atoms with van der Waals surface area (Å²) in [4.78, 5) is 14.4. The van der Waals surface area contributed by atoms with Gasteiger partial charge in [0.2, 0.25) is 5.91 Å². The van der Waals surface area contributed by atoms with Gasteiger partial charge in [0.25, 0.3) is 0 Å². The number of nitrogens with one attached hydrogen (secondary N) is 1. The number of anilines is 1. The van der Waals surface area contributed by atoms with E-state index in [2.05, 4.69) is 29.3 Å². The van der Waals surface area contributed by atoms with Crippen molar-refractivity contribution in [3.8, 4) is 0 Å². The standard InChI is InChI=1S/C19H30N2O2/c1-3-23-13-5-7-19(22)20-18-10-8-17(9-11-18)15-21-12-4-6-16(2)14-21/h8-11,16H,3-7,12-15H2,1-2H3,(H,20,22). The van der Waals surface area contributed by atoms with Crippen LogP contribution in [0.4, 0.5) is 5.69 Å². The molecule has 1 fully saturated rings. The van der Waals surface area contributed by atoms with Crippen LogP contribution in [0, 0.1) is 5.92 Å². The third-order valence-electron chi connectivity index (χ3n) is 4.28. The van der Waals surface area contributed by atoms with Crippen molar-refractivity contribution in [3.63, 3.8) is 0 Å². The highest BCUT2D eigenvalue weighted by Gasteiger charge is 2.16. The summed E-state index contributed by atoms with van der Waals surface area (Å²) >= 11 is 0. The zero-order valence-corrected chi connectivity index (χ0v) is 14.5. The molecule has 2 rings (SSSR count). The van der Waals surface area contributed by atoms with E-state index in [0.717, 1.165) is 24.6 Å².